The molecule has 0 bridgehead atoms. The van der Waals surface area contributed by atoms with E-state index in [1.807, 2.05) is 0 Å². The lowest BCUT2D eigenvalue weighted by Crippen LogP contribution is -2.24. The summed E-state index contributed by atoms with van der Waals surface area (Å²) in [5.74, 6) is -10.4. The smallest absolute Gasteiger partial charge is 0.294 e. The van der Waals surface area contributed by atoms with Gasteiger partial charge in [0.25, 0.3) is 0 Å². The quantitative estimate of drug-likeness (QED) is 0.154. The molecule has 0 radical (unpaired) electrons. The molecule has 0 spiro atoms. The average molecular weight is 649 g/mol. The van der Waals surface area contributed by atoms with Crippen molar-refractivity contribution in [2.24, 2.45) is 5.92 Å². The van der Waals surface area contributed by atoms with Crippen molar-refractivity contribution in [2.75, 3.05) is 11.5 Å². The Bertz CT molecular complexity index is 1280. The van der Waals surface area contributed by atoms with Crippen molar-refractivity contribution >= 4 is 45.6 Å². The van der Waals surface area contributed by atoms with Crippen LogP contribution in [0.25, 0.3) is 5.83 Å². The van der Waals surface area contributed by atoms with Crippen LogP contribution in [0, 0.1) is 11.7 Å². The van der Waals surface area contributed by atoms with Crippen LogP contribution >= 0.6 is 23.2 Å². The molecule has 2 aromatic carbocycles. The fourth-order valence-corrected chi connectivity index (χ4v) is 5.33. The molecule has 16 heteroatoms. The third kappa shape index (κ3) is 9.44. The normalized spacial score (nSPS) is 15.6. The van der Waals surface area contributed by atoms with E-state index in [2.05, 4.69) is 0 Å². The number of Topliss-reactive ketones (excluding diaryl/α,β-unsaturated/α-hetero) is 1. The molecule has 0 aliphatic carbocycles. The van der Waals surface area contributed by atoms with Crippen LogP contribution in [0.1, 0.15) is 46.3 Å². The molecule has 0 saturated carbocycles. The molecule has 0 aliphatic rings. The first-order valence-corrected chi connectivity index (χ1v) is 13.1. The summed E-state index contributed by atoms with van der Waals surface area (Å²) in [6.07, 6.45) is -16.1. The molecule has 40 heavy (non-hydrogen) atoms. The summed E-state index contributed by atoms with van der Waals surface area (Å²) >= 11 is 11.0. The van der Waals surface area contributed by atoms with Crippen LogP contribution in [0.5, 0.6) is 0 Å². The maximum Gasteiger partial charge on any atom is 0.417 e. The van der Waals surface area contributed by atoms with E-state index in [0.717, 1.165) is 0 Å². The number of ketones is 1. The number of rotatable bonds is 9. The van der Waals surface area contributed by atoms with Gasteiger partial charge in [-0.3, -0.25) is 9.00 Å². The molecule has 2 nitrogen and oxygen atoms in total. The summed E-state index contributed by atoms with van der Waals surface area (Å²) in [6, 6.07) is 2.27. The zero-order valence-electron chi connectivity index (χ0n) is 19.9. The molecule has 0 saturated heterocycles. The zero-order chi connectivity index (χ0) is 30.8. The van der Waals surface area contributed by atoms with Gasteiger partial charge in [0.2, 0.25) is 0 Å². The van der Waals surface area contributed by atoms with E-state index in [0.29, 0.717) is 24.3 Å². The van der Waals surface area contributed by atoms with Gasteiger partial charge in [-0.15, -0.1) is 0 Å². The first-order valence-electron chi connectivity index (χ1n) is 10.8. The minimum absolute atomic E-state index is 0.0745. The zero-order valence-corrected chi connectivity index (χ0v) is 22.2. The fraction of sp³-hybridized carbons (Fsp3) is 0.375. The van der Waals surface area contributed by atoms with Crippen molar-refractivity contribution in [1.29, 1.82) is 0 Å². The number of alkyl halides is 9. The van der Waals surface area contributed by atoms with E-state index < -0.39 is 109 Å². The van der Waals surface area contributed by atoms with Gasteiger partial charge < -0.3 is 0 Å². The summed E-state index contributed by atoms with van der Waals surface area (Å²) in [5.41, 5.74) is -4.52. The van der Waals surface area contributed by atoms with Crippen LogP contribution in [0.4, 0.5) is 48.3 Å². The second-order valence-electron chi connectivity index (χ2n) is 8.69. The highest BCUT2D eigenvalue weighted by Gasteiger charge is 2.41. The second kappa shape index (κ2) is 12.8. The maximum atomic E-state index is 14.9. The Balaban J connectivity index is 2.44. The summed E-state index contributed by atoms with van der Waals surface area (Å²) in [4.78, 5) is 12.5. The highest BCUT2D eigenvalue weighted by molar-refractivity contribution is 7.85. The third-order valence-electron chi connectivity index (χ3n) is 5.26. The minimum Gasteiger partial charge on any atom is -0.294 e. The fourth-order valence-electron chi connectivity index (χ4n) is 3.59. The van der Waals surface area contributed by atoms with Crippen LogP contribution in [0.15, 0.2) is 36.4 Å². The molecule has 0 fully saturated rings. The predicted molar refractivity (Wildman–Crippen MR) is 128 cm³/mol. The largest absolute Gasteiger partial charge is 0.417 e. The monoisotopic (exact) mass is 648 g/mol. The van der Waals surface area contributed by atoms with Gasteiger partial charge in [-0.05, 0) is 35.8 Å². The summed E-state index contributed by atoms with van der Waals surface area (Å²) in [6.45, 7) is 1.20. The molecule has 0 heterocycles. The molecule has 2 rings (SSSR count). The Kier molecular flexibility index (Phi) is 10.9. The van der Waals surface area contributed by atoms with Crippen molar-refractivity contribution in [3.8, 4) is 0 Å². The Morgan fingerprint density at radius 2 is 1.52 bits per heavy atom. The van der Waals surface area contributed by atoms with E-state index in [-0.39, 0.29) is 12.1 Å². The van der Waals surface area contributed by atoms with Gasteiger partial charge in [0, 0.05) is 34.1 Å². The van der Waals surface area contributed by atoms with Crippen LogP contribution < -0.4 is 0 Å². The Morgan fingerprint density at radius 1 is 0.975 bits per heavy atom. The van der Waals surface area contributed by atoms with Crippen molar-refractivity contribution in [3.63, 3.8) is 0 Å². The Hall–Kier alpha value is -2.19. The van der Waals surface area contributed by atoms with Crippen molar-refractivity contribution in [2.45, 2.75) is 37.8 Å². The van der Waals surface area contributed by atoms with E-state index in [9.17, 15) is 57.3 Å². The molecule has 0 aliphatic heterocycles. The summed E-state index contributed by atoms with van der Waals surface area (Å²) in [7, 11) is -2.44. The molecular formula is C24H17Cl2F11O2S. The molecule has 222 valence electrons. The van der Waals surface area contributed by atoms with E-state index in [1.165, 1.54) is 6.92 Å². The van der Waals surface area contributed by atoms with Gasteiger partial charge in [-0.25, -0.2) is 8.78 Å². The van der Waals surface area contributed by atoms with Crippen LogP contribution in [-0.2, 0) is 17.0 Å². The van der Waals surface area contributed by atoms with Gasteiger partial charge in [0.1, 0.15) is 17.5 Å². The molecule has 0 N–H and O–H groups in total. The maximum absolute atomic E-state index is 14.9. The molecular weight excluding hydrogens is 632 g/mol. The van der Waals surface area contributed by atoms with Crippen LogP contribution in [-0.4, -0.2) is 33.9 Å². The third-order valence-corrected chi connectivity index (χ3v) is 7.40. The SMILES string of the molecule is C[C@@H](CC(=O)c1ccc(/C(F)=C/C(c2cc(Cl)c(F)c(Cl)c2)C(F)(F)F)cc1C(F)(F)F)CS(=O)CC(F)(F)F. The lowest BCUT2D eigenvalue weighted by Gasteiger charge is -2.19. The number of allylic oxidation sites excluding steroid dienone is 1. The van der Waals surface area contributed by atoms with Crippen molar-refractivity contribution in [1.82, 2.24) is 0 Å². The van der Waals surface area contributed by atoms with E-state index >= 15 is 0 Å². The van der Waals surface area contributed by atoms with Crippen molar-refractivity contribution < 1.29 is 57.3 Å². The van der Waals surface area contributed by atoms with Crippen LogP contribution in [0.3, 0.4) is 0 Å². The first kappa shape index (κ1) is 34.0. The van der Waals surface area contributed by atoms with Gasteiger partial charge >= 0.3 is 18.5 Å². The van der Waals surface area contributed by atoms with Gasteiger partial charge in [0.05, 0.1) is 15.6 Å². The van der Waals surface area contributed by atoms with E-state index in [1.54, 1.807) is 0 Å². The number of benzene rings is 2. The lowest BCUT2D eigenvalue weighted by atomic mass is 9.93. The highest BCUT2D eigenvalue weighted by Crippen LogP contribution is 2.42. The average Bonchev–Trinajstić information content (AvgIpc) is 2.77. The van der Waals surface area contributed by atoms with Gasteiger partial charge in [-0.1, -0.05) is 42.3 Å². The Morgan fingerprint density at radius 3 is 2.00 bits per heavy atom. The predicted octanol–water partition coefficient (Wildman–Crippen LogP) is 9.33. The lowest BCUT2D eigenvalue weighted by molar-refractivity contribution is -0.140. The number of hydrogen-bond donors (Lipinski definition) is 0. The number of hydrogen-bond acceptors (Lipinski definition) is 2. The van der Waals surface area contributed by atoms with Crippen molar-refractivity contribution in [3.05, 3.63) is 74.5 Å². The number of carbonyl (C=O) groups is 1. The number of carbonyl (C=O) groups excluding carboxylic acids is 1. The van der Waals surface area contributed by atoms with E-state index in [4.69, 9.17) is 23.2 Å². The summed E-state index contributed by atoms with van der Waals surface area (Å²) in [5, 5.41) is -1.63. The number of halogens is 13. The summed E-state index contributed by atoms with van der Waals surface area (Å²) < 4.78 is 159. The highest BCUT2D eigenvalue weighted by atomic mass is 35.5. The van der Waals surface area contributed by atoms with Crippen LogP contribution in [0.2, 0.25) is 10.0 Å². The topological polar surface area (TPSA) is 34.1 Å². The molecule has 2 aromatic rings. The minimum atomic E-state index is -5.29. The molecule has 2 unspecified atom stereocenters. The van der Waals surface area contributed by atoms with Gasteiger partial charge in [-0.2, -0.15) is 39.5 Å². The molecule has 3 atom stereocenters. The molecule has 0 amide bonds. The standard InChI is InChI=1S/C24H17Cl2F11O2S/c1-11(9-40(39)10-22(29,30)31)4-20(38)14-3-2-12(5-16(14)24(35,36)37)19(27)8-15(23(32,33)34)13-6-17(25)21(28)18(26)7-13/h2-3,5-8,11,15H,4,9-10H2,1H3/b19-8-/t11-,15?,40?/m0/s1. The second-order valence-corrected chi connectivity index (χ2v) is 11.0. The Labute approximate surface area is 232 Å². The van der Waals surface area contributed by atoms with Gasteiger partial charge in [0.15, 0.2) is 11.6 Å². The molecule has 0 aromatic heterocycles. The first-order chi connectivity index (χ1) is 18.1.